The van der Waals surface area contributed by atoms with E-state index in [1.807, 2.05) is 36.4 Å². The predicted molar refractivity (Wildman–Crippen MR) is 73.8 cm³/mol. The molecule has 0 saturated heterocycles. The number of furan rings is 1. The summed E-state index contributed by atoms with van der Waals surface area (Å²) in [6, 6.07) is 9.86. The molecule has 0 aliphatic carbocycles. The van der Waals surface area contributed by atoms with Gasteiger partial charge in [0.15, 0.2) is 6.17 Å². The number of rotatable bonds is 2. The topological polar surface area (TPSA) is 37.2 Å². The van der Waals surface area contributed by atoms with Crippen LogP contribution in [0.25, 0.3) is 11.8 Å². The van der Waals surface area contributed by atoms with Crippen molar-refractivity contribution in [2.45, 2.75) is 6.17 Å². The molecule has 1 aliphatic rings. The Morgan fingerprint density at radius 3 is 2.78 bits per heavy atom. The van der Waals surface area contributed by atoms with E-state index in [1.165, 1.54) is 0 Å². The van der Waals surface area contributed by atoms with E-state index in [9.17, 15) is 0 Å². The van der Waals surface area contributed by atoms with Crippen molar-refractivity contribution >= 4 is 17.5 Å². The SMILES string of the molecule is C=Cc1cccc2c1C(=C)NC(c1ccco1)N2. The van der Waals surface area contributed by atoms with Crippen molar-refractivity contribution < 1.29 is 4.42 Å². The number of hydrogen-bond donors (Lipinski definition) is 2. The molecule has 0 spiro atoms. The largest absolute Gasteiger partial charge is 0.465 e. The van der Waals surface area contributed by atoms with E-state index in [0.717, 1.165) is 28.3 Å². The third-order valence-corrected chi connectivity index (χ3v) is 3.06. The molecule has 1 aliphatic heterocycles. The Kier molecular flexibility index (Phi) is 2.45. The Morgan fingerprint density at radius 2 is 2.06 bits per heavy atom. The average Bonchev–Trinajstić information content (AvgIpc) is 2.91. The fraction of sp³-hybridized carbons (Fsp3) is 0.0667. The minimum Gasteiger partial charge on any atom is -0.465 e. The molecule has 2 N–H and O–H groups in total. The molecule has 90 valence electrons. The van der Waals surface area contributed by atoms with Gasteiger partial charge in [-0.15, -0.1) is 0 Å². The fourth-order valence-corrected chi connectivity index (χ4v) is 2.23. The lowest BCUT2D eigenvalue weighted by atomic mass is 10.00. The second-order valence-corrected chi connectivity index (χ2v) is 4.19. The number of hydrogen-bond acceptors (Lipinski definition) is 3. The van der Waals surface area contributed by atoms with Crippen molar-refractivity contribution in [3.05, 3.63) is 66.6 Å². The van der Waals surface area contributed by atoms with Crippen LogP contribution in [0.4, 0.5) is 5.69 Å². The summed E-state index contributed by atoms with van der Waals surface area (Å²) in [5, 5.41) is 6.69. The molecule has 0 bridgehead atoms. The Hall–Kier alpha value is -2.42. The van der Waals surface area contributed by atoms with E-state index in [2.05, 4.69) is 23.8 Å². The van der Waals surface area contributed by atoms with E-state index < -0.39 is 0 Å². The first-order chi connectivity index (χ1) is 8.79. The van der Waals surface area contributed by atoms with Crippen LogP contribution in [-0.4, -0.2) is 0 Å². The fourth-order valence-electron chi connectivity index (χ4n) is 2.23. The van der Waals surface area contributed by atoms with Gasteiger partial charge in [0.05, 0.1) is 6.26 Å². The number of fused-ring (bicyclic) bond motifs is 1. The Morgan fingerprint density at radius 1 is 1.17 bits per heavy atom. The predicted octanol–water partition coefficient (Wildman–Crippen LogP) is 3.61. The molecule has 1 aromatic heterocycles. The highest BCUT2D eigenvalue weighted by atomic mass is 16.3. The lowest BCUT2D eigenvalue weighted by molar-refractivity contribution is 0.463. The zero-order valence-electron chi connectivity index (χ0n) is 9.94. The molecule has 0 radical (unpaired) electrons. The normalized spacial score (nSPS) is 17.6. The van der Waals surface area contributed by atoms with Crippen molar-refractivity contribution in [1.82, 2.24) is 5.32 Å². The summed E-state index contributed by atoms with van der Waals surface area (Å²) in [5.74, 6) is 0.839. The van der Waals surface area contributed by atoms with E-state index in [-0.39, 0.29) is 6.17 Å². The van der Waals surface area contributed by atoms with Gasteiger partial charge in [-0.2, -0.15) is 0 Å². The van der Waals surface area contributed by atoms with Gasteiger partial charge in [-0.25, -0.2) is 0 Å². The van der Waals surface area contributed by atoms with Crippen LogP contribution in [0.5, 0.6) is 0 Å². The minimum atomic E-state index is -0.0833. The molecule has 0 fully saturated rings. The number of anilines is 1. The summed E-state index contributed by atoms with van der Waals surface area (Å²) in [7, 11) is 0. The number of benzene rings is 1. The van der Waals surface area contributed by atoms with Gasteiger partial charge in [0.25, 0.3) is 0 Å². The van der Waals surface area contributed by atoms with Crippen molar-refractivity contribution in [3.63, 3.8) is 0 Å². The zero-order valence-corrected chi connectivity index (χ0v) is 9.94. The maximum Gasteiger partial charge on any atom is 0.157 e. The highest BCUT2D eigenvalue weighted by molar-refractivity contribution is 5.83. The second kappa shape index (κ2) is 4.11. The molecule has 0 saturated carbocycles. The van der Waals surface area contributed by atoms with Crippen molar-refractivity contribution in [1.29, 1.82) is 0 Å². The standard InChI is InChI=1S/C15H14N2O/c1-3-11-6-4-7-12-14(11)10(2)16-15(17-12)13-8-5-9-18-13/h3-9,15-17H,1-2H2. The highest BCUT2D eigenvalue weighted by Gasteiger charge is 2.23. The van der Waals surface area contributed by atoms with Gasteiger partial charge in [-0.3, -0.25) is 0 Å². The number of nitrogens with one attached hydrogen (secondary N) is 2. The van der Waals surface area contributed by atoms with Crippen molar-refractivity contribution in [2.75, 3.05) is 5.32 Å². The molecule has 3 heteroatoms. The van der Waals surface area contributed by atoms with Crippen LogP contribution < -0.4 is 10.6 Å². The second-order valence-electron chi connectivity index (χ2n) is 4.19. The van der Waals surface area contributed by atoms with Crippen LogP contribution in [0.3, 0.4) is 0 Å². The van der Waals surface area contributed by atoms with Crippen LogP contribution in [0.1, 0.15) is 23.1 Å². The van der Waals surface area contributed by atoms with Crippen molar-refractivity contribution in [2.24, 2.45) is 0 Å². The smallest absolute Gasteiger partial charge is 0.157 e. The first kappa shape index (κ1) is 10.7. The van der Waals surface area contributed by atoms with Gasteiger partial charge < -0.3 is 15.1 Å². The summed E-state index contributed by atoms with van der Waals surface area (Å²) >= 11 is 0. The summed E-state index contributed by atoms with van der Waals surface area (Å²) in [6.45, 7) is 7.91. The molecule has 3 nitrogen and oxygen atoms in total. The van der Waals surface area contributed by atoms with Crippen LogP contribution in [-0.2, 0) is 0 Å². The van der Waals surface area contributed by atoms with Gasteiger partial charge in [-0.1, -0.05) is 31.4 Å². The van der Waals surface area contributed by atoms with Crippen LogP contribution >= 0.6 is 0 Å². The van der Waals surface area contributed by atoms with Gasteiger partial charge >= 0.3 is 0 Å². The van der Waals surface area contributed by atoms with E-state index in [0.29, 0.717) is 0 Å². The summed E-state index contributed by atoms with van der Waals surface area (Å²) in [4.78, 5) is 0. The first-order valence-corrected chi connectivity index (χ1v) is 5.81. The maximum atomic E-state index is 5.41. The lowest BCUT2D eigenvalue weighted by Gasteiger charge is -2.30. The third kappa shape index (κ3) is 1.61. The third-order valence-electron chi connectivity index (χ3n) is 3.06. The first-order valence-electron chi connectivity index (χ1n) is 5.81. The Labute approximate surface area is 106 Å². The molecule has 3 rings (SSSR count). The maximum absolute atomic E-state index is 5.41. The van der Waals surface area contributed by atoms with Crippen LogP contribution in [0, 0.1) is 0 Å². The van der Waals surface area contributed by atoms with Gasteiger partial charge in [0, 0.05) is 16.9 Å². The van der Waals surface area contributed by atoms with Gasteiger partial charge in [-0.05, 0) is 23.8 Å². The Bertz CT molecular complexity index is 599. The molecular weight excluding hydrogens is 224 g/mol. The monoisotopic (exact) mass is 238 g/mol. The molecule has 2 aromatic rings. The van der Waals surface area contributed by atoms with Gasteiger partial charge in [0.1, 0.15) is 5.76 Å². The average molecular weight is 238 g/mol. The summed E-state index contributed by atoms with van der Waals surface area (Å²) in [6.07, 6.45) is 3.41. The molecule has 18 heavy (non-hydrogen) atoms. The molecule has 1 aromatic carbocycles. The van der Waals surface area contributed by atoms with E-state index in [1.54, 1.807) is 6.26 Å². The van der Waals surface area contributed by atoms with E-state index >= 15 is 0 Å². The molecule has 1 atom stereocenters. The van der Waals surface area contributed by atoms with Gasteiger partial charge in [0.2, 0.25) is 0 Å². The molecule has 1 unspecified atom stereocenters. The van der Waals surface area contributed by atoms with Crippen LogP contribution in [0.2, 0.25) is 0 Å². The molecule has 2 heterocycles. The Balaban J connectivity index is 2.03. The molecule has 0 amide bonds. The van der Waals surface area contributed by atoms with Crippen molar-refractivity contribution in [3.8, 4) is 0 Å². The summed E-state index contributed by atoms with van der Waals surface area (Å²) in [5.41, 5.74) is 4.05. The lowest BCUT2D eigenvalue weighted by Crippen LogP contribution is -2.31. The quantitative estimate of drug-likeness (QED) is 0.839. The minimum absolute atomic E-state index is 0.0833. The zero-order chi connectivity index (χ0) is 12.5. The summed E-state index contributed by atoms with van der Waals surface area (Å²) < 4.78 is 5.41. The molecular formula is C15H14N2O. The van der Waals surface area contributed by atoms with E-state index in [4.69, 9.17) is 4.42 Å². The van der Waals surface area contributed by atoms with Crippen LogP contribution in [0.15, 0.2) is 54.2 Å². The highest BCUT2D eigenvalue weighted by Crippen LogP contribution is 2.34.